The van der Waals surface area contributed by atoms with Gasteiger partial charge in [0, 0.05) is 14.7 Å². The second-order valence-corrected chi connectivity index (χ2v) is 16.6. The molecule has 4 nitrogen and oxygen atoms in total. The van der Waals surface area contributed by atoms with E-state index in [2.05, 4.69) is 47.3 Å². The normalized spacial score (nSPS) is 36.6. The molecule has 3 aliphatic carbocycles. The largest absolute Gasteiger partial charge is 0.458 e. The maximum absolute atomic E-state index is 6.49. The number of rotatable bonds is 9. The summed E-state index contributed by atoms with van der Waals surface area (Å²) in [4.78, 5) is 0. The van der Waals surface area contributed by atoms with Gasteiger partial charge in [0.15, 0.2) is 0 Å². The molecule has 0 amide bonds. The van der Waals surface area contributed by atoms with Gasteiger partial charge in [0.25, 0.3) is 0 Å². The molecule has 150 valence electrons. The van der Waals surface area contributed by atoms with E-state index < -0.39 is 8.07 Å². The molecule has 3 saturated carbocycles. The number of hydrogen-bond acceptors (Lipinski definition) is 4. The summed E-state index contributed by atoms with van der Waals surface area (Å²) in [7, 11) is -1.09. The molecule has 26 heavy (non-hydrogen) atoms. The minimum absolute atomic E-state index is 0.0773. The summed E-state index contributed by atoms with van der Waals surface area (Å²) >= 11 is 0. The first-order valence-electron chi connectivity index (χ1n) is 10.5. The third kappa shape index (κ3) is 4.24. The molecule has 6 heteroatoms. The third-order valence-electron chi connectivity index (χ3n) is 7.16. The lowest BCUT2D eigenvalue weighted by atomic mass is 9.43. The Hall–Kier alpha value is 0.122. The van der Waals surface area contributed by atoms with Crippen molar-refractivity contribution in [3.63, 3.8) is 0 Å². The van der Waals surface area contributed by atoms with Crippen molar-refractivity contribution < 1.29 is 18.8 Å². The van der Waals surface area contributed by atoms with Crippen molar-refractivity contribution in [2.75, 3.05) is 20.0 Å². The quantitative estimate of drug-likeness (QED) is 0.330. The van der Waals surface area contributed by atoms with Gasteiger partial charge in [-0.2, -0.15) is 0 Å². The Bertz CT molecular complexity index is 495. The molecule has 5 atom stereocenters. The number of ether oxygens (including phenoxy) is 2. The van der Waals surface area contributed by atoms with Crippen molar-refractivity contribution in [3.8, 4) is 0 Å². The minimum Gasteiger partial charge on any atom is -0.405 e. The van der Waals surface area contributed by atoms with E-state index in [0.717, 1.165) is 25.3 Å². The van der Waals surface area contributed by atoms with Crippen LogP contribution in [0.5, 0.6) is 0 Å². The summed E-state index contributed by atoms with van der Waals surface area (Å²) in [5.74, 6) is 1.85. The Balaban J connectivity index is 1.35. The van der Waals surface area contributed by atoms with Crippen LogP contribution in [0.3, 0.4) is 0 Å². The summed E-state index contributed by atoms with van der Waals surface area (Å²) in [6, 6.07) is 1.19. The molecular weight excluding hydrogens is 343 g/mol. The molecule has 1 saturated heterocycles. The standard InChI is InChI=1S/C20H39BO4Si/c1-15(13-23-14-22-8-9-26(5,6)7)12-21-24-18-11-16-10-17(19(16,2)3)20(18,4)25-21/h15-18H,8-14H2,1-7H3/t15-,16+,17+,18-,20+/m0/s1. The summed E-state index contributed by atoms with van der Waals surface area (Å²) in [6.07, 6.45) is 3.65. The van der Waals surface area contributed by atoms with Gasteiger partial charge in [-0.3, -0.25) is 0 Å². The molecule has 0 aromatic carbocycles. The molecule has 4 aliphatic rings. The predicted molar refractivity (Wildman–Crippen MR) is 109 cm³/mol. The predicted octanol–water partition coefficient (Wildman–Crippen LogP) is 4.68. The first-order valence-corrected chi connectivity index (χ1v) is 14.2. The summed E-state index contributed by atoms with van der Waals surface area (Å²) in [5, 5.41) is 0. The van der Waals surface area contributed by atoms with Crippen molar-refractivity contribution in [2.24, 2.45) is 23.2 Å². The van der Waals surface area contributed by atoms with Gasteiger partial charge >= 0.3 is 7.12 Å². The van der Waals surface area contributed by atoms with Crippen molar-refractivity contribution in [1.82, 2.24) is 0 Å². The average Bonchev–Trinajstić information content (AvgIpc) is 2.84. The lowest BCUT2D eigenvalue weighted by Gasteiger charge is -2.64. The Kier molecular flexibility index (Phi) is 6.02. The lowest BCUT2D eigenvalue weighted by Crippen LogP contribution is -2.65. The fourth-order valence-corrected chi connectivity index (χ4v) is 5.95. The molecular formula is C20H39BO4Si. The molecule has 0 spiro atoms. The highest BCUT2D eigenvalue weighted by molar-refractivity contribution is 6.76. The first kappa shape index (κ1) is 20.8. The Morgan fingerprint density at radius 1 is 1.15 bits per heavy atom. The van der Waals surface area contributed by atoms with Crippen LogP contribution in [0.4, 0.5) is 0 Å². The molecule has 0 aromatic rings. The van der Waals surface area contributed by atoms with Crippen LogP contribution < -0.4 is 0 Å². The number of hydrogen-bond donors (Lipinski definition) is 0. The smallest absolute Gasteiger partial charge is 0.405 e. The van der Waals surface area contributed by atoms with Gasteiger partial charge in [0.2, 0.25) is 0 Å². The SMILES string of the molecule is C[C@H](COCOCC[Si](C)(C)C)CB1O[C@H]2C[C@H]3C[C@H](C3(C)C)[C@@]2(C)O1. The van der Waals surface area contributed by atoms with E-state index in [4.69, 9.17) is 18.8 Å². The van der Waals surface area contributed by atoms with Crippen molar-refractivity contribution in [3.05, 3.63) is 0 Å². The van der Waals surface area contributed by atoms with Crippen LogP contribution in [0.15, 0.2) is 0 Å². The summed E-state index contributed by atoms with van der Waals surface area (Å²) in [5.41, 5.74) is 0.314. The maximum Gasteiger partial charge on any atom is 0.458 e. The molecule has 1 aliphatic heterocycles. The van der Waals surface area contributed by atoms with Crippen LogP contribution >= 0.6 is 0 Å². The molecule has 4 rings (SSSR count). The van der Waals surface area contributed by atoms with Crippen LogP contribution in [-0.4, -0.2) is 46.9 Å². The molecule has 0 N–H and O–H groups in total. The molecule has 0 aromatic heterocycles. The van der Waals surface area contributed by atoms with Crippen molar-refractivity contribution >= 4 is 15.2 Å². The van der Waals surface area contributed by atoms with Crippen molar-refractivity contribution in [2.45, 2.75) is 84.2 Å². The zero-order valence-corrected chi connectivity index (χ0v) is 19.0. The van der Waals surface area contributed by atoms with Gasteiger partial charge in [0.05, 0.1) is 18.3 Å². The average molecular weight is 382 g/mol. The van der Waals surface area contributed by atoms with Crippen LogP contribution in [0, 0.1) is 23.2 Å². The van der Waals surface area contributed by atoms with E-state index >= 15 is 0 Å². The third-order valence-corrected chi connectivity index (χ3v) is 8.87. The summed E-state index contributed by atoms with van der Waals surface area (Å²) in [6.45, 7) is 18.3. The monoisotopic (exact) mass is 382 g/mol. The van der Waals surface area contributed by atoms with E-state index in [0.29, 0.717) is 30.7 Å². The Labute approximate surface area is 161 Å². The highest BCUT2D eigenvalue weighted by Gasteiger charge is 2.67. The zero-order valence-electron chi connectivity index (χ0n) is 18.0. The van der Waals surface area contributed by atoms with E-state index in [1.807, 2.05) is 0 Å². The maximum atomic E-state index is 6.49. The molecule has 4 fully saturated rings. The van der Waals surface area contributed by atoms with Gasteiger partial charge in [-0.25, -0.2) is 0 Å². The second kappa shape index (κ2) is 7.51. The fourth-order valence-electron chi connectivity index (χ4n) is 5.19. The van der Waals surface area contributed by atoms with Gasteiger partial charge in [-0.1, -0.05) is 40.4 Å². The van der Waals surface area contributed by atoms with E-state index in [-0.39, 0.29) is 18.8 Å². The van der Waals surface area contributed by atoms with Crippen LogP contribution in [0.1, 0.15) is 40.5 Å². The zero-order chi connectivity index (χ0) is 19.2. The minimum atomic E-state index is -1.01. The molecule has 0 radical (unpaired) electrons. The molecule has 1 heterocycles. The van der Waals surface area contributed by atoms with Gasteiger partial charge in [-0.15, -0.1) is 0 Å². The van der Waals surface area contributed by atoms with Gasteiger partial charge in [-0.05, 0) is 55.3 Å². The molecule has 0 unspecified atom stereocenters. The van der Waals surface area contributed by atoms with Gasteiger partial charge < -0.3 is 18.8 Å². The second-order valence-electron chi connectivity index (χ2n) is 10.9. The topological polar surface area (TPSA) is 36.9 Å². The van der Waals surface area contributed by atoms with Crippen LogP contribution in [-0.2, 0) is 18.8 Å². The molecule has 2 bridgehead atoms. The highest BCUT2D eigenvalue weighted by Crippen LogP contribution is 2.65. The highest BCUT2D eigenvalue weighted by atomic mass is 28.3. The van der Waals surface area contributed by atoms with Gasteiger partial charge in [0.1, 0.15) is 6.79 Å². The van der Waals surface area contributed by atoms with E-state index in [1.54, 1.807) is 0 Å². The van der Waals surface area contributed by atoms with Crippen LogP contribution in [0.25, 0.3) is 0 Å². The summed E-state index contributed by atoms with van der Waals surface area (Å²) < 4.78 is 24.1. The lowest BCUT2D eigenvalue weighted by molar-refractivity contribution is -0.199. The van der Waals surface area contributed by atoms with Crippen LogP contribution in [0.2, 0.25) is 32.0 Å². The van der Waals surface area contributed by atoms with E-state index in [9.17, 15) is 0 Å². The Morgan fingerprint density at radius 2 is 1.88 bits per heavy atom. The first-order chi connectivity index (χ1) is 12.0. The Morgan fingerprint density at radius 3 is 2.54 bits per heavy atom. The van der Waals surface area contributed by atoms with Crippen molar-refractivity contribution in [1.29, 1.82) is 0 Å². The fraction of sp³-hybridized carbons (Fsp3) is 1.00. The van der Waals surface area contributed by atoms with E-state index in [1.165, 1.54) is 12.5 Å².